The van der Waals surface area contributed by atoms with Crippen LogP contribution in [0, 0.1) is 106 Å². The minimum Gasteiger partial charge on any atom is -0.397 e. The van der Waals surface area contributed by atoms with Gasteiger partial charge in [-0.3, -0.25) is 49.5 Å². The zero-order valence-electron chi connectivity index (χ0n) is 82.0. The Labute approximate surface area is 873 Å². The predicted octanol–water partition coefficient (Wildman–Crippen LogP) is 17.2. The summed E-state index contributed by atoms with van der Waals surface area (Å²) in [5.74, 6) is 3.37. The molecule has 2 saturated heterocycles. The first-order valence-electron chi connectivity index (χ1n) is 45.5. The molecule has 13 N–H and O–H groups in total. The zero-order chi connectivity index (χ0) is 107. The Morgan fingerprint density at radius 1 is 0.524 bits per heavy atom. The van der Waals surface area contributed by atoms with Crippen LogP contribution < -0.4 is 49.5 Å². The Morgan fingerprint density at radius 3 is 1.30 bits per heavy atom. The molecule has 47 heteroatoms. The number of nitrogens with one attached hydrogen (secondary N) is 5. The first kappa shape index (κ1) is 115. The number of halogens is 10. The van der Waals surface area contributed by atoms with Crippen molar-refractivity contribution in [2.75, 3.05) is 108 Å². The van der Waals surface area contributed by atoms with E-state index in [1.54, 1.807) is 101 Å². The van der Waals surface area contributed by atoms with Gasteiger partial charge in [-0.2, -0.15) is 14.6 Å². The number of nitro benzene ring substituents is 3. The number of carbonyl (C=O) groups excluding carboxylic acids is 4. The van der Waals surface area contributed by atoms with Gasteiger partial charge in [0.25, 0.3) is 29.7 Å². The number of nitrogen functional groups attached to an aromatic ring is 1. The van der Waals surface area contributed by atoms with Gasteiger partial charge < -0.3 is 92.1 Å². The molecule has 6 aromatic carbocycles. The van der Waals surface area contributed by atoms with Gasteiger partial charge in [-0.15, -0.1) is 6.42 Å². The standard InChI is InChI=1S/C27H30FN7O3.C16H21N5O3.C11H10FIN2.C10H10FIN2O2.C10H12FIN2.C10H11FN2O2.C6H3F2NO2.C4H9N.C4H10O3/c1-5-23(36)33-13-17(11-18(33)14-38-4)35-26(30-3)24(25(29)37)20(32-35)7-6-16-10-21-22(12-19(16)28)34(15-31-21)27(2)8-9-27;1-5-12-14(15(17)23)16(18-3)21(19-12)10-7-11(9-24-4)20(8-10)13(22)6-2;1-11(2-3-11)15-6-14-9-5-8(13)7(12)4-10(9)15;1-10(2-3-10)13-8-4-6(11)7(12)5-9(8)14(15)16;1-10(2-3-10)14-9-4-6(11)7(12)5-8(9)13;1-10(4-5-10)12-8-6-7(11)2-3-9(8)13(14)15;7-4-1-2-6(9(10)11)5(8)3-4;1-4(5)2-3-4;1-5-4(6-2)7-3/h5,10,12,15,17-18,30H,1,8-9,11,13-14H2,2-4H3,(H2,29,37);1,6,10-11,18H,2,7-9H2,3-4H3,(H2,17,23);4-6H,2-3H2,1H3;4-5,13H,2-3H2,1H3;4-5,14H,2-3,13H2,1H3;2-3,6,12H,4-5H2,1H3;1-3H;2-3,5H2,1H3;4H,1-3H3/t17-,18+;10-,11+;;;;;;;/m00......./s1. The van der Waals surface area contributed by atoms with E-state index in [1.807, 2.05) is 69.9 Å². The number of anilines is 6. The highest BCUT2D eigenvalue weighted by Crippen LogP contribution is 2.48. The lowest BCUT2D eigenvalue weighted by atomic mass is 10.1. The minimum atomic E-state index is -1.16. The van der Waals surface area contributed by atoms with E-state index < -0.39 is 67.8 Å². The number of fused-ring (bicyclic) bond motifs is 2. The third kappa shape index (κ3) is 30.0. The van der Waals surface area contributed by atoms with Gasteiger partial charge in [-0.25, -0.2) is 45.7 Å². The predicted molar refractivity (Wildman–Crippen MR) is 561 cm³/mol. The van der Waals surface area contributed by atoms with Gasteiger partial charge >= 0.3 is 5.69 Å². The lowest BCUT2D eigenvalue weighted by molar-refractivity contribution is -0.387. The van der Waals surface area contributed by atoms with Crippen molar-refractivity contribution in [2.24, 2.45) is 17.2 Å². The van der Waals surface area contributed by atoms with Crippen LogP contribution in [0.3, 0.4) is 0 Å². The smallest absolute Gasteiger partial charge is 0.304 e. The Kier molecular flexibility index (Phi) is 38.5. The average molecular weight is 2360 g/mol. The van der Waals surface area contributed by atoms with Crippen LogP contribution in [0.25, 0.3) is 22.1 Å². The molecule has 10 aromatic rings. The van der Waals surface area contributed by atoms with Crippen molar-refractivity contribution in [3.63, 3.8) is 0 Å². The highest BCUT2D eigenvalue weighted by Gasteiger charge is 2.45. The molecule has 4 aromatic heterocycles. The molecular weight excluding hydrogens is 2240 g/mol. The van der Waals surface area contributed by atoms with Crippen LogP contribution in [-0.2, 0) is 44.4 Å². The van der Waals surface area contributed by atoms with Crippen molar-refractivity contribution in [1.82, 2.24) is 48.5 Å². The summed E-state index contributed by atoms with van der Waals surface area (Å²) >= 11 is 5.68. The highest BCUT2D eigenvalue weighted by atomic mass is 127. The fourth-order valence-electron chi connectivity index (χ4n) is 15.4. The lowest BCUT2D eigenvalue weighted by Gasteiger charge is -2.22. The van der Waals surface area contributed by atoms with Crippen LogP contribution in [0.5, 0.6) is 0 Å². The van der Waals surface area contributed by atoms with E-state index in [0.29, 0.717) is 80.9 Å². The van der Waals surface area contributed by atoms with Crippen LogP contribution in [0.4, 0.5) is 82.2 Å². The molecule has 8 fully saturated rings. The van der Waals surface area contributed by atoms with E-state index in [0.717, 1.165) is 99.0 Å². The molecule has 37 nitrogen and oxygen atoms in total. The van der Waals surface area contributed by atoms with Gasteiger partial charge in [0.05, 0.1) is 115 Å². The van der Waals surface area contributed by atoms with Gasteiger partial charge in [-0.05, 0) is 254 Å². The van der Waals surface area contributed by atoms with Gasteiger partial charge in [0.15, 0.2) is 5.69 Å². The molecule has 18 rings (SSSR count). The van der Waals surface area contributed by atoms with E-state index in [9.17, 15) is 75.9 Å². The molecule has 2 aliphatic heterocycles. The molecular formula is C98H116F7I3N22O15. The minimum absolute atomic E-state index is 0.0183. The molecule has 0 bridgehead atoms. The average Bonchev–Trinajstić information content (AvgIpc) is 1.59. The van der Waals surface area contributed by atoms with Crippen molar-refractivity contribution >= 4 is 165 Å². The SMILES string of the molecule is C#Cc1nn([C@H]2C[C@H](COC)N(C(=O)C=C)C2)c(NC)c1C(N)=O.C=CC(=O)N1C[C@@H](n2nc(C#Cc3cc4ncn(C5(C)CC5)c4cc3F)c(C(N)=O)c2NC)C[C@@H]1COC.CC1(N)CC1.CC1(Nc2cc(F)c(I)cc2N)CC1.CC1(Nc2cc(F)c(I)cc2[N+](=O)[O-])CC1.CC1(Nc2cc(F)ccc2[N+](=O)[O-])CC1.CC1(n2cnc3cc(I)c(F)cc32)CC1.COC(OC)OC.O=[N+]([O-])c1ccc(F)cc1F. The Bertz CT molecular complexity index is 6590. The third-order valence-electron chi connectivity index (χ3n) is 25.2. The van der Waals surface area contributed by atoms with E-state index in [-0.39, 0.29) is 135 Å². The number of amides is 4. The number of nitrogens with zero attached hydrogens (tertiary/aromatic N) is 13. The van der Waals surface area contributed by atoms with Crippen LogP contribution in [0.2, 0.25) is 0 Å². The van der Waals surface area contributed by atoms with Crippen LogP contribution in [0.1, 0.15) is 181 Å². The van der Waals surface area contributed by atoms with Crippen LogP contribution in [-0.4, -0.2) is 204 Å². The molecule has 0 unspecified atom stereocenters. The van der Waals surface area contributed by atoms with Gasteiger partial charge in [0.2, 0.25) is 17.6 Å². The second-order valence-electron chi connectivity index (χ2n) is 37.2. The second kappa shape index (κ2) is 48.8. The van der Waals surface area contributed by atoms with Crippen molar-refractivity contribution in [2.45, 2.75) is 195 Å². The number of benzene rings is 6. The van der Waals surface area contributed by atoms with Crippen molar-refractivity contribution < 1.29 is 88.4 Å². The maximum atomic E-state index is 15.1. The summed E-state index contributed by atoms with van der Waals surface area (Å²) in [5, 5.41) is 55.6. The van der Waals surface area contributed by atoms with E-state index in [4.69, 9.17) is 38.8 Å². The molecule has 4 amide bonds. The number of methoxy groups -OCH3 is 5. The number of ether oxygens (including phenoxy) is 5. The number of aromatic nitrogens is 8. The topological polar surface area (TPSA) is 486 Å². The zero-order valence-corrected chi connectivity index (χ0v) is 88.5. The fraction of sp³-hybridized carbons (Fsp3) is 0.429. The Hall–Kier alpha value is -12.4. The highest BCUT2D eigenvalue weighted by molar-refractivity contribution is 14.1. The lowest BCUT2D eigenvalue weighted by Crippen LogP contribution is -2.37. The molecule has 6 saturated carbocycles. The molecule has 0 radical (unpaired) electrons. The summed E-state index contributed by atoms with van der Waals surface area (Å²) in [6.45, 7) is 20.5. The monoisotopic (exact) mass is 2350 g/mol. The molecule has 4 atom stereocenters. The van der Waals surface area contributed by atoms with Crippen molar-refractivity contribution in [3.8, 4) is 24.2 Å². The summed E-state index contributed by atoms with van der Waals surface area (Å²) < 4.78 is 126. The molecule has 778 valence electrons. The molecule has 8 aliphatic rings. The maximum absolute atomic E-state index is 15.1. The number of primary amides is 2. The second-order valence-corrected chi connectivity index (χ2v) is 40.7. The normalized spacial score (nSPS) is 18.0. The largest absolute Gasteiger partial charge is 0.397 e. The maximum Gasteiger partial charge on any atom is 0.304 e. The summed E-state index contributed by atoms with van der Waals surface area (Å²) in [4.78, 5) is 90.3. The number of hydrogen-bond acceptors (Lipinski definition) is 26. The summed E-state index contributed by atoms with van der Waals surface area (Å²) in [5.41, 5.74) is 27.6. The quantitative estimate of drug-likeness (QED) is 0.00355. The Morgan fingerprint density at radius 2 is 0.910 bits per heavy atom. The molecule has 0 spiro atoms. The van der Waals surface area contributed by atoms with E-state index in [1.165, 1.54) is 82.7 Å². The summed E-state index contributed by atoms with van der Waals surface area (Å²) in [6, 6.07) is 16.8. The number of imidazole rings is 2. The summed E-state index contributed by atoms with van der Waals surface area (Å²) in [7, 11) is 11.0. The first-order valence-corrected chi connectivity index (χ1v) is 48.8. The van der Waals surface area contributed by atoms with Crippen LogP contribution >= 0.6 is 67.8 Å². The number of hydrogen-bond donors (Lipinski definition) is 9. The third-order valence-corrected chi connectivity index (χ3v) is 27.7. The summed E-state index contributed by atoms with van der Waals surface area (Å²) in [6.07, 6.45) is 25.6. The van der Waals surface area contributed by atoms with Gasteiger partial charge in [-0.1, -0.05) is 19.1 Å². The Balaban J connectivity index is 0.000000176. The molecule has 145 heavy (non-hydrogen) atoms. The number of nitrogens with two attached hydrogens (primary N) is 4. The van der Waals surface area contributed by atoms with Gasteiger partial charge in [0.1, 0.15) is 74.7 Å². The number of likely N-dealkylation sites (tertiary alicyclic amines) is 2. The van der Waals surface area contributed by atoms with E-state index in [2.05, 4.69) is 124 Å². The number of carbonyl (C=O) groups is 4. The van der Waals surface area contributed by atoms with Gasteiger partial charge in [0, 0.05) is 151 Å². The molecule has 6 heterocycles. The van der Waals surface area contributed by atoms with Crippen molar-refractivity contribution in [3.05, 3.63) is 233 Å². The molecule has 6 aliphatic carbocycles. The number of rotatable bonds is 26. The number of terminal acetylenes is 1. The van der Waals surface area contributed by atoms with Crippen LogP contribution in [0.15, 0.2) is 123 Å². The number of nitro groups is 3. The van der Waals surface area contributed by atoms with E-state index >= 15 is 4.39 Å². The van der Waals surface area contributed by atoms with Crippen molar-refractivity contribution in [1.29, 1.82) is 0 Å². The fourth-order valence-corrected chi connectivity index (χ4v) is 16.8. The first-order chi connectivity index (χ1) is 68.4.